The van der Waals surface area contributed by atoms with Gasteiger partial charge in [-0.05, 0) is 45.4 Å². The van der Waals surface area contributed by atoms with Crippen LogP contribution in [0.25, 0.3) is 0 Å². The van der Waals surface area contributed by atoms with Crippen molar-refractivity contribution in [3.05, 3.63) is 23.8 Å². The fraction of sp³-hybridized carbons (Fsp3) is 0.562. The highest BCUT2D eigenvalue weighted by atomic mass is 16.7. The van der Waals surface area contributed by atoms with E-state index in [0.29, 0.717) is 18.1 Å². The number of nitrogens with zero attached hydrogens (tertiary/aromatic N) is 1. The Balaban J connectivity index is 1.96. The first-order valence-corrected chi connectivity index (χ1v) is 7.38. The zero-order chi connectivity index (χ0) is 16.2. The molecule has 1 heterocycles. The highest BCUT2D eigenvalue weighted by Gasteiger charge is 2.17. The van der Waals surface area contributed by atoms with Crippen LogP contribution in [0.4, 0.5) is 0 Å². The van der Waals surface area contributed by atoms with Crippen LogP contribution in [0.15, 0.2) is 23.2 Å². The molecule has 1 aliphatic heterocycles. The van der Waals surface area contributed by atoms with Gasteiger partial charge in [-0.3, -0.25) is 5.48 Å². The summed E-state index contributed by atoms with van der Waals surface area (Å²) in [5.41, 5.74) is 3.92. The Labute approximate surface area is 131 Å². The molecule has 6 nitrogen and oxygen atoms in total. The molecule has 0 saturated heterocycles. The number of amidine groups is 1. The maximum Gasteiger partial charge on any atom is 0.210 e. The summed E-state index contributed by atoms with van der Waals surface area (Å²) in [5.74, 6) is 2.15. The van der Waals surface area contributed by atoms with Gasteiger partial charge in [-0.2, -0.15) is 0 Å². The van der Waals surface area contributed by atoms with Crippen molar-refractivity contribution in [3.8, 4) is 11.5 Å². The molecule has 1 aromatic carbocycles. The fourth-order valence-electron chi connectivity index (χ4n) is 1.96. The standard InChI is InChI=1S/C16H25N3O3/c1-11-18-15(22-19-11)10-21-13-7-6-12(8-14(13)20-5)9-17-16(2,3)4/h6-8,15,17H,9-10H2,1-5H3,(H,18,19). The average molecular weight is 307 g/mol. The first-order chi connectivity index (χ1) is 10.4. The van der Waals surface area contributed by atoms with Crippen LogP contribution in [0, 0.1) is 0 Å². The van der Waals surface area contributed by atoms with Gasteiger partial charge in [0.25, 0.3) is 0 Å². The van der Waals surface area contributed by atoms with Crippen molar-refractivity contribution in [1.82, 2.24) is 10.8 Å². The van der Waals surface area contributed by atoms with Crippen molar-refractivity contribution >= 4 is 5.84 Å². The first-order valence-electron chi connectivity index (χ1n) is 7.38. The molecular formula is C16H25N3O3. The van der Waals surface area contributed by atoms with E-state index < -0.39 is 0 Å². The predicted octanol–water partition coefficient (Wildman–Crippen LogP) is 2.24. The van der Waals surface area contributed by atoms with E-state index in [-0.39, 0.29) is 11.8 Å². The quantitative estimate of drug-likeness (QED) is 0.844. The van der Waals surface area contributed by atoms with Crippen molar-refractivity contribution in [1.29, 1.82) is 0 Å². The van der Waals surface area contributed by atoms with Gasteiger partial charge in [0.15, 0.2) is 11.5 Å². The summed E-state index contributed by atoms with van der Waals surface area (Å²) in [5, 5.41) is 3.45. The highest BCUT2D eigenvalue weighted by molar-refractivity contribution is 5.79. The number of nitrogens with one attached hydrogen (secondary N) is 2. The number of hydrogen-bond donors (Lipinski definition) is 2. The molecule has 1 unspecified atom stereocenters. The molecule has 0 radical (unpaired) electrons. The molecule has 2 rings (SSSR count). The van der Waals surface area contributed by atoms with Crippen LogP contribution < -0.4 is 20.3 Å². The summed E-state index contributed by atoms with van der Waals surface area (Å²) in [6, 6.07) is 5.92. The number of methoxy groups -OCH3 is 1. The van der Waals surface area contributed by atoms with Crippen molar-refractivity contribution in [2.75, 3.05) is 13.7 Å². The molecule has 0 aliphatic carbocycles. The number of hydroxylamine groups is 1. The van der Waals surface area contributed by atoms with Crippen LogP contribution in [0.5, 0.6) is 11.5 Å². The summed E-state index contributed by atoms with van der Waals surface area (Å²) in [6.07, 6.45) is -0.327. The monoisotopic (exact) mass is 307 g/mol. The Morgan fingerprint density at radius 3 is 2.68 bits per heavy atom. The van der Waals surface area contributed by atoms with E-state index in [4.69, 9.17) is 14.3 Å². The van der Waals surface area contributed by atoms with Crippen molar-refractivity contribution < 1.29 is 14.3 Å². The molecule has 122 valence electrons. The maximum atomic E-state index is 5.74. The van der Waals surface area contributed by atoms with E-state index in [1.807, 2.05) is 25.1 Å². The van der Waals surface area contributed by atoms with Crippen molar-refractivity contribution in [3.63, 3.8) is 0 Å². The highest BCUT2D eigenvalue weighted by Crippen LogP contribution is 2.28. The summed E-state index contributed by atoms with van der Waals surface area (Å²) >= 11 is 0. The minimum atomic E-state index is -0.327. The Bertz CT molecular complexity index is 538. The molecule has 6 heteroatoms. The molecule has 0 saturated carbocycles. The van der Waals surface area contributed by atoms with Gasteiger partial charge >= 0.3 is 0 Å². The lowest BCUT2D eigenvalue weighted by molar-refractivity contribution is 0.00896. The van der Waals surface area contributed by atoms with E-state index in [2.05, 4.69) is 36.6 Å². The second-order valence-corrected chi connectivity index (χ2v) is 6.29. The van der Waals surface area contributed by atoms with Crippen molar-refractivity contribution in [2.45, 2.75) is 46.0 Å². The molecule has 22 heavy (non-hydrogen) atoms. The lowest BCUT2D eigenvalue weighted by Crippen LogP contribution is -2.35. The minimum absolute atomic E-state index is 0.0745. The Morgan fingerprint density at radius 1 is 1.32 bits per heavy atom. The minimum Gasteiger partial charge on any atom is -0.493 e. The van der Waals surface area contributed by atoms with Gasteiger partial charge in [0.1, 0.15) is 12.4 Å². The van der Waals surface area contributed by atoms with E-state index in [1.165, 1.54) is 0 Å². The Morgan fingerprint density at radius 2 is 2.09 bits per heavy atom. The van der Waals surface area contributed by atoms with Gasteiger partial charge in [0.2, 0.25) is 6.23 Å². The normalized spacial score (nSPS) is 17.9. The molecule has 0 bridgehead atoms. The molecule has 1 atom stereocenters. The Kier molecular flexibility index (Phi) is 5.26. The largest absolute Gasteiger partial charge is 0.493 e. The number of aliphatic imine (C=N–C) groups is 1. The molecule has 2 N–H and O–H groups in total. The molecule has 0 fully saturated rings. The van der Waals surface area contributed by atoms with Gasteiger partial charge < -0.3 is 14.8 Å². The average Bonchev–Trinajstić information content (AvgIpc) is 2.88. The SMILES string of the molecule is COc1cc(CNC(C)(C)C)ccc1OCC1N=C(C)NO1. The molecule has 0 amide bonds. The van der Waals surface area contributed by atoms with E-state index in [9.17, 15) is 0 Å². The smallest absolute Gasteiger partial charge is 0.210 e. The van der Waals surface area contributed by atoms with Crippen LogP contribution in [0.3, 0.4) is 0 Å². The molecule has 0 spiro atoms. The number of ether oxygens (including phenoxy) is 2. The molecular weight excluding hydrogens is 282 g/mol. The third kappa shape index (κ3) is 4.89. The maximum absolute atomic E-state index is 5.74. The molecule has 1 aromatic rings. The van der Waals surface area contributed by atoms with E-state index in [1.54, 1.807) is 7.11 Å². The van der Waals surface area contributed by atoms with E-state index in [0.717, 1.165) is 17.9 Å². The number of benzene rings is 1. The summed E-state index contributed by atoms with van der Waals surface area (Å²) in [7, 11) is 1.64. The van der Waals surface area contributed by atoms with Crippen LogP contribution in [0.2, 0.25) is 0 Å². The van der Waals surface area contributed by atoms with Gasteiger partial charge in [-0.15, -0.1) is 0 Å². The lowest BCUT2D eigenvalue weighted by atomic mass is 10.1. The topological polar surface area (TPSA) is 64.1 Å². The number of hydrogen-bond acceptors (Lipinski definition) is 6. The summed E-state index contributed by atoms with van der Waals surface area (Å²) < 4.78 is 11.2. The van der Waals surface area contributed by atoms with Gasteiger partial charge in [-0.1, -0.05) is 6.07 Å². The van der Waals surface area contributed by atoms with Crippen LogP contribution >= 0.6 is 0 Å². The third-order valence-electron chi connectivity index (χ3n) is 3.11. The predicted molar refractivity (Wildman–Crippen MR) is 86.2 cm³/mol. The van der Waals surface area contributed by atoms with E-state index >= 15 is 0 Å². The lowest BCUT2D eigenvalue weighted by Gasteiger charge is -2.21. The fourth-order valence-corrected chi connectivity index (χ4v) is 1.96. The zero-order valence-electron chi connectivity index (χ0n) is 13.9. The third-order valence-corrected chi connectivity index (χ3v) is 3.11. The van der Waals surface area contributed by atoms with Crippen LogP contribution in [-0.4, -0.2) is 31.3 Å². The van der Waals surface area contributed by atoms with Crippen molar-refractivity contribution in [2.24, 2.45) is 4.99 Å². The molecule has 1 aliphatic rings. The van der Waals surface area contributed by atoms with Crippen LogP contribution in [0.1, 0.15) is 33.3 Å². The first kappa shape index (κ1) is 16.6. The summed E-state index contributed by atoms with van der Waals surface area (Å²) in [6.45, 7) is 9.37. The zero-order valence-corrected chi connectivity index (χ0v) is 13.9. The van der Waals surface area contributed by atoms with Gasteiger partial charge in [0, 0.05) is 12.1 Å². The second-order valence-electron chi connectivity index (χ2n) is 6.29. The Hall–Kier alpha value is -1.79. The summed E-state index contributed by atoms with van der Waals surface area (Å²) in [4.78, 5) is 9.47. The molecule has 0 aromatic heterocycles. The second kappa shape index (κ2) is 6.98. The van der Waals surface area contributed by atoms with Gasteiger partial charge in [-0.25, -0.2) is 9.83 Å². The van der Waals surface area contributed by atoms with Crippen LogP contribution in [-0.2, 0) is 11.4 Å². The van der Waals surface area contributed by atoms with Gasteiger partial charge in [0.05, 0.1) is 7.11 Å². The number of rotatable bonds is 6.